The zero-order chi connectivity index (χ0) is 14.7. The number of hydrogen-bond donors (Lipinski definition) is 2. The number of esters is 2. The summed E-state index contributed by atoms with van der Waals surface area (Å²) in [5, 5.41) is 8.41. The predicted molar refractivity (Wildman–Crippen MR) is 72.5 cm³/mol. The molecule has 0 atom stereocenters. The van der Waals surface area contributed by atoms with Crippen molar-refractivity contribution < 1.29 is 29.0 Å². The first kappa shape index (κ1) is 20.4. The van der Waals surface area contributed by atoms with Crippen LogP contribution in [0.2, 0.25) is 0 Å². The van der Waals surface area contributed by atoms with Crippen LogP contribution in [0.3, 0.4) is 0 Å². The number of aliphatic carboxylic acids is 1. The third-order valence-electron chi connectivity index (χ3n) is 2.20. The highest BCUT2D eigenvalue weighted by Crippen LogP contribution is 2.04. The predicted octanol–water partition coefficient (Wildman–Crippen LogP) is 1.85. The van der Waals surface area contributed by atoms with E-state index in [1.54, 1.807) is 0 Å². The number of carbonyl (C=O) groups is 3. The lowest BCUT2D eigenvalue weighted by Gasteiger charge is -2.06. The normalized spacial score (nSPS) is 9.25. The van der Waals surface area contributed by atoms with Gasteiger partial charge in [-0.1, -0.05) is 13.0 Å². The Morgan fingerprint density at radius 2 is 1.55 bits per heavy atom. The number of carbonyl (C=O) groups excluding carboxylic acids is 2. The average Bonchev–Trinajstić information content (AvgIpc) is 2.33. The van der Waals surface area contributed by atoms with E-state index in [4.69, 9.17) is 14.6 Å². The van der Waals surface area contributed by atoms with Crippen LogP contribution >= 0.6 is 0 Å². The Labute approximate surface area is 118 Å². The van der Waals surface area contributed by atoms with Crippen LogP contribution in [0.25, 0.3) is 0 Å². The monoisotopic (exact) mass is 289 g/mol. The molecular formula is C13H23NO6. The van der Waals surface area contributed by atoms with Crippen LogP contribution in [0.1, 0.15) is 39.0 Å². The second kappa shape index (κ2) is 12.2. The molecule has 0 aliphatic carbocycles. The van der Waals surface area contributed by atoms with E-state index in [2.05, 4.69) is 6.58 Å². The zero-order valence-electron chi connectivity index (χ0n) is 11.9. The van der Waals surface area contributed by atoms with E-state index in [0.29, 0.717) is 24.8 Å². The topological polar surface area (TPSA) is 125 Å². The van der Waals surface area contributed by atoms with Crippen molar-refractivity contribution in [3.63, 3.8) is 0 Å². The van der Waals surface area contributed by atoms with E-state index in [9.17, 15) is 14.4 Å². The van der Waals surface area contributed by atoms with Gasteiger partial charge in [0.25, 0.3) is 0 Å². The smallest absolute Gasteiger partial charge is 0.333 e. The van der Waals surface area contributed by atoms with Gasteiger partial charge >= 0.3 is 17.9 Å². The highest BCUT2D eigenvalue weighted by atomic mass is 16.6. The van der Waals surface area contributed by atoms with Gasteiger partial charge in [0.15, 0.2) is 0 Å². The Morgan fingerprint density at radius 3 is 2.10 bits per heavy atom. The highest BCUT2D eigenvalue weighted by Gasteiger charge is 2.05. The van der Waals surface area contributed by atoms with Gasteiger partial charge in [-0.25, -0.2) is 4.79 Å². The molecule has 116 valence electrons. The molecular weight excluding hydrogens is 266 g/mol. The molecule has 0 fully saturated rings. The lowest BCUT2D eigenvalue weighted by atomic mass is 10.1. The minimum absolute atomic E-state index is 0. The Bertz CT molecular complexity index is 340. The number of hydrogen-bond acceptors (Lipinski definition) is 6. The molecule has 0 radical (unpaired) electrons. The van der Waals surface area contributed by atoms with Crippen molar-refractivity contribution in [2.75, 3.05) is 13.2 Å². The van der Waals surface area contributed by atoms with Gasteiger partial charge in [-0.2, -0.15) is 0 Å². The van der Waals surface area contributed by atoms with Crippen molar-refractivity contribution in [3.05, 3.63) is 12.2 Å². The zero-order valence-corrected chi connectivity index (χ0v) is 11.9. The fraction of sp³-hybridized carbons (Fsp3) is 0.615. The van der Waals surface area contributed by atoms with E-state index in [-0.39, 0.29) is 38.2 Å². The van der Waals surface area contributed by atoms with E-state index < -0.39 is 11.9 Å². The molecule has 0 saturated heterocycles. The first-order valence-corrected chi connectivity index (χ1v) is 6.13. The third-order valence-corrected chi connectivity index (χ3v) is 2.20. The molecule has 0 rings (SSSR count). The summed E-state index contributed by atoms with van der Waals surface area (Å²) >= 11 is 0. The standard InChI is InChI=1S/C13H20O6.H3N/c1-10(2)13(17)19-9-8-18-12(16)7-5-3-4-6-11(14)15;/h1,3-9H2,2H3,(H,14,15);1H3. The van der Waals surface area contributed by atoms with Crippen LogP contribution < -0.4 is 6.15 Å². The molecule has 0 aliphatic heterocycles. The molecule has 0 aliphatic rings. The maximum absolute atomic E-state index is 11.2. The lowest BCUT2D eigenvalue weighted by molar-refractivity contribution is -0.150. The first-order valence-electron chi connectivity index (χ1n) is 6.13. The molecule has 7 nitrogen and oxygen atoms in total. The number of carboxylic acid groups (broad SMARTS) is 1. The molecule has 20 heavy (non-hydrogen) atoms. The summed E-state index contributed by atoms with van der Waals surface area (Å²) in [7, 11) is 0. The van der Waals surface area contributed by atoms with Crippen LogP contribution in [-0.2, 0) is 23.9 Å². The summed E-state index contributed by atoms with van der Waals surface area (Å²) in [6, 6.07) is 0. The Hall–Kier alpha value is -1.89. The minimum atomic E-state index is -0.832. The van der Waals surface area contributed by atoms with Gasteiger partial charge < -0.3 is 20.7 Å². The fourth-order valence-electron chi connectivity index (χ4n) is 1.21. The van der Waals surface area contributed by atoms with Crippen LogP contribution in [0.4, 0.5) is 0 Å². The largest absolute Gasteiger partial charge is 0.481 e. The van der Waals surface area contributed by atoms with Crippen LogP contribution in [0, 0.1) is 0 Å². The molecule has 0 unspecified atom stereocenters. The molecule has 0 aromatic carbocycles. The van der Waals surface area contributed by atoms with Crippen molar-refractivity contribution >= 4 is 17.9 Å². The second-order valence-electron chi connectivity index (χ2n) is 4.09. The van der Waals surface area contributed by atoms with Crippen molar-refractivity contribution in [3.8, 4) is 0 Å². The van der Waals surface area contributed by atoms with Gasteiger partial charge in [0.05, 0.1) is 0 Å². The molecule has 4 N–H and O–H groups in total. The van der Waals surface area contributed by atoms with Crippen LogP contribution in [0.5, 0.6) is 0 Å². The molecule has 0 spiro atoms. The number of carboxylic acids is 1. The Kier molecular flexibility index (Phi) is 12.4. The van der Waals surface area contributed by atoms with Gasteiger partial charge in [-0.3, -0.25) is 9.59 Å². The van der Waals surface area contributed by atoms with E-state index in [0.717, 1.165) is 0 Å². The van der Waals surface area contributed by atoms with Crippen molar-refractivity contribution in [1.82, 2.24) is 6.15 Å². The summed E-state index contributed by atoms with van der Waals surface area (Å²) < 4.78 is 9.58. The maximum Gasteiger partial charge on any atom is 0.333 e. The molecule has 0 saturated carbocycles. The molecule has 0 aromatic rings. The summed E-state index contributed by atoms with van der Waals surface area (Å²) in [6.07, 6.45) is 2.18. The SMILES string of the molecule is C=C(C)C(=O)OCCOC(=O)CCCCCC(=O)O.N. The highest BCUT2D eigenvalue weighted by molar-refractivity contribution is 5.86. The molecule has 0 aromatic heterocycles. The minimum Gasteiger partial charge on any atom is -0.481 e. The number of ether oxygens (including phenoxy) is 2. The van der Waals surface area contributed by atoms with E-state index in [1.807, 2.05) is 0 Å². The third kappa shape index (κ3) is 12.6. The van der Waals surface area contributed by atoms with Crippen molar-refractivity contribution in [1.29, 1.82) is 0 Å². The van der Waals surface area contributed by atoms with Gasteiger partial charge in [0, 0.05) is 18.4 Å². The first-order chi connectivity index (χ1) is 8.93. The van der Waals surface area contributed by atoms with E-state index in [1.165, 1.54) is 6.92 Å². The number of unbranched alkanes of at least 4 members (excludes halogenated alkanes) is 2. The van der Waals surface area contributed by atoms with Gasteiger partial charge in [0.1, 0.15) is 13.2 Å². The molecule has 7 heteroatoms. The van der Waals surface area contributed by atoms with E-state index >= 15 is 0 Å². The van der Waals surface area contributed by atoms with Gasteiger partial charge in [-0.15, -0.1) is 0 Å². The summed E-state index contributed by atoms with van der Waals surface area (Å²) in [5.41, 5.74) is 0.296. The summed E-state index contributed by atoms with van der Waals surface area (Å²) in [6.45, 7) is 4.98. The summed E-state index contributed by atoms with van der Waals surface area (Å²) in [5.74, 6) is -1.71. The Balaban J connectivity index is 0. The quantitative estimate of drug-likeness (QED) is 0.357. The molecule has 0 heterocycles. The Morgan fingerprint density at radius 1 is 1.00 bits per heavy atom. The second-order valence-corrected chi connectivity index (χ2v) is 4.09. The average molecular weight is 289 g/mol. The fourth-order valence-corrected chi connectivity index (χ4v) is 1.21. The maximum atomic E-state index is 11.2. The van der Waals surface area contributed by atoms with Crippen molar-refractivity contribution in [2.45, 2.75) is 39.0 Å². The van der Waals surface area contributed by atoms with Gasteiger partial charge in [0.2, 0.25) is 0 Å². The van der Waals surface area contributed by atoms with Crippen LogP contribution in [0.15, 0.2) is 12.2 Å². The van der Waals surface area contributed by atoms with Crippen molar-refractivity contribution in [2.24, 2.45) is 0 Å². The number of rotatable bonds is 10. The van der Waals surface area contributed by atoms with Crippen LogP contribution in [-0.4, -0.2) is 36.2 Å². The lowest BCUT2D eigenvalue weighted by Crippen LogP contribution is -2.14. The summed E-state index contributed by atoms with van der Waals surface area (Å²) in [4.78, 5) is 32.4. The van der Waals surface area contributed by atoms with Gasteiger partial charge in [-0.05, 0) is 19.8 Å². The molecule has 0 amide bonds. The molecule has 0 bridgehead atoms.